The predicted octanol–water partition coefficient (Wildman–Crippen LogP) is 2.59. The molecule has 1 unspecified atom stereocenters. The van der Waals surface area contributed by atoms with Gasteiger partial charge in [0.05, 0.1) is 5.69 Å². The van der Waals surface area contributed by atoms with E-state index in [1.165, 1.54) is 36.5 Å². The van der Waals surface area contributed by atoms with Gasteiger partial charge in [0.1, 0.15) is 5.82 Å². The Bertz CT molecular complexity index is 365. The molecule has 90 valence electrons. The molecule has 1 N–H and O–H groups in total. The first-order valence-corrected chi connectivity index (χ1v) is 6.39. The van der Waals surface area contributed by atoms with Crippen LogP contribution in [0.15, 0.2) is 0 Å². The highest BCUT2D eigenvalue weighted by Gasteiger charge is 2.22. The summed E-state index contributed by atoms with van der Waals surface area (Å²) in [7, 11) is 0. The molecule has 2 heterocycles. The average molecular weight is 221 g/mol. The lowest BCUT2D eigenvalue weighted by Gasteiger charge is -2.24. The molecule has 0 spiro atoms. The highest BCUT2D eigenvalue weighted by Crippen LogP contribution is 2.28. The zero-order valence-corrected chi connectivity index (χ0v) is 10.9. The Hall–Kier alpha value is -0.830. The van der Waals surface area contributed by atoms with Gasteiger partial charge in [0, 0.05) is 24.3 Å². The van der Waals surface area contributed by atoms with Crippen molar-refractivity contribution in [2.24, 2.45) is 0 Å². The third-order valence-corrected chi connectivity index (χ3v) is 3.42. The molecule has 2 rings (SSSR count). The molecule has 16 heavy (non-hydrogen) atoms. The van der Waals surface area contributed by atoms with Crippen LogP contribution in [0.5, 0.6) is 0 Å². The van der Waals surface area contributed by atoms with E-state index in [-0.39, 0.29) is 0 Å². The number of hydrogen-bond acceptors (Lipinski definition) is 2. The number of nitrogens with zero attached hydrogens (tertiary/aromatic N) is 2. The number of aryl methyl sites for hydroxylation is 1. The van der Waals surface area contributed by atoms with Crippen LogP contribution >= 0.6 is 0 Å². The molecular formula is C13H23N3. The van der Waals surface area contributed by atoms with E-state index in [0.29, 0.717) is 12.1 Å². The van der Waals surface area contributed by atoms with E-state index in [2.05, 4.69) is 37.6 Å². The Kier molecular flexibility index (Phi) is 3.33. The monoisotopic (exact) mass is 221 g/mol. The zero-order valence-electron chi connectivity index (χ0n) is 10.9. The van der Waals surface area contributed by atoms with Crippen molar-refractivity contribution in [3.8, 4) is 0 Å². The molecule has 3 heteroatoms. The number of rotatable bonds is 3. The van der Waals surface area contributed by atoms with E-state index in [0.717, 1.165) is 6.54 Å². The normalized spacial score (nSPS) is 20.2. The lowest BCUT2D eigenvalue weighted by molar-refractivity contribution is 0.421. The van der Waals surface area contributed by atoms with Gasteiger partial charge in [-0.2, -0.15) is 0 Å². The molecule has 0 aromatic carbocycles. The zero-order chi connectivity index (χ0) is 11.7. The van der Waals surface area contributed by atoms with Gasteiger partial charge in [-0.05, 0) is 33.1 Å². The summed E-state index contributed by atoms with van der Waals surface area (Å²) in [5, 5.41) is 3.46. The third kappa shape index (κ3) is 2.14. The Morgan fingerprint density at radius 1 is 1.50 bits per heavy atom. The first kappa shape index (κ1) is 11.6. The standard InChI is InChI=1S/C13H23N3/c1-9(2)14-8-12-13-7-5-6-10(3)16(13)11(4)15-12/h9-10,14H,5-8H2,1-4H3. The number of aromatic nitrogens is 2. The Balaban J connectivity index is 2.23. The lowest BCUT2D eigenvalue weighted by atomic mass is 10.0. The summed E-state index contributed by atoms with van der Waals surface area (Å²) in [6.45, 7) is 9.70. The summed E-state index contributed by atoms with van der Waals surface area (Å²) in [4.78, 5) is 4.72. The van der Waals surface area contributed by atoms with Crippen molar-refractivity contribution in [3.05, 3.63) is 17.2 Å². The van der Waals surface area contributed by atoms with Gasteiger partial charge in [-0.3, -0.25) is 0 Å². The highest BCUT2D eigenvalue weighted by molar-refractivity contribution is 5.20. The van der Waals surface area contributed by atoms with E-state index in [4.69, 9.17) is 4.98 Å². The topological polar surface area (TPSA) is 29.9 Å². The van der Waals surface area contributed by atoms with Crippen molar-refractivity contribution < 1.29 is 0 Å². The highest BCUT2D eigenvalue weighted by atomic mass is 15.1. The first-order valence-electron chi connectivity index (χ1n) is 6.39. The van der Waals surface area contributed by atoms with Gasteiger partial charge in [0.2, 0.25) is 0 Å². The minimum absolute atomic E-state index is 0.527. The summed E-state index contributed by atoms with van der Waals surface area (Å²) in [5.74, 6) is 1.18. The Morgan fingerprint density at radius 2 is 2.25 bits per heavy atom. The van der Waals surface area contributed by atoms with Crippen LogP contribution in [0.25, 0.3) is 0 Å². The molecule has 3 nitrogen and oxygen atoms in total. The van der Waals surface area contributed by atoms with Crippen LogP contribution in [0.4, 0.5) is 0 Å². The van der Waals surface area contributed by atoms with Crippen LogP contribution in [0.3, 0.4) is 0 Å². The van der Waals surface area contributed by atoms with Gasteiger partial charge in [-0.15, -0.1) is 0 Å². The summed E-state index contributed by atoms with van der Waals surface area (Å²) < 4.78 is 2.43. The molecule has 0 radical (unpaired) electrons. The molecule has 0 amide bonds. The van der Waals surface area contributed by atoms with Crippen LogP contribution in [-0.2, 0) is 13.0 Å². The first-order chi connectivity index (χ1) is 7.59. The average Bonchev–Trinajstić information content (AvgIpc) is 2.54. The van der Waals surface area contributed by atoms with Crippen LogP contribution in [-0.4, -0.2) is 15.6 Å². The fourth-order valence-electron chi connectivity index (χ4n) is 2.63. The Labute approximate surface area is 98.3 Å². The van der Waals surface area contributed by atoms with Crippen molar-refractivity contribution in [2.75, 3.05) is 0 Å². The van der Waals surface area contributed by atoms with E-state index in [9.17, 15) is 0 Å². The van der Waals surface area contributed by atoms with Gasteiger partial charge in [0.15, 0.2) is 0 Å². The quantitative estimate of drug-likeness (QED) is 0.850. The van der Waals surface area contributed by atoms with Crippen molar-refractivity contribution in [3.63, 3.8) is 0 Å². The molecule has 0 bridgehead atoms. The second-order valence-corrected chi connectivity index (χ2v) is 5.20. The molecule has 0 saturated heterocycles. The fourth-order valence-corrected chi connectivity index (χ4v) is 2.63. The molecule has 1 atom stereocenters. The summed E-state index contributed by atoms with van der Waals surface area (Å²) >= 11 is 0. The molecule has 1 aromatic rings. The van der Waals surface area contributed by atoms with Crippen molar-refractivity contribution >= 4 is 0 Å². The number of hydrogen-bond donors (Lipinski definition) is 1. The van der Waals surface area contributed by atoms with Crippen molar-refractivity contribution in [1.82, 2.24) is 14.9 Å². The molecule has 1 aliphatic rings. The van der Waals surface area contributed by atoms with E-state index in [1.54, 1.807) is 0 Å². The van der Waals surface area contributed by atoms with Crippen LogP contribution in [0.2, 0.25) is 0 Å². The van der Waals surface area contributed by atoms with Gasteiger partial charge in [-0.25, -0.2) is 4.98 Å². The maximum atomic E-state index is 4.72. The predicted molar refractivity (Wildman–Crippen MR) is 66.6 cm³/mol. The largest absolute Gasteiger partial charge is 0.329 e. The molecule has 0 aliphatic carbocycles. The van der Waals surface area contributed by atoms with Gasteiger partial charge >= 0.3 is 0 Å². The number of imidazole rings is 1. The van der Waals surface area contributed by atoms with Crippen molar-refractivity contribution in [2.45, 2.75) is 65.6 Å². The van der Waals surface area contributed by atoms with Crippen LogP contribution in [0.1, 0.15) is 56.9 Å². The second-order valence-electron chi connectivity index (χ2n) is 5.20. The SMILES string of the molecule is Cc1nc(CNC(C)C)c2n1C(C)CCC2. The minimum Gasteiger partial charge on any atom is -0.329 e. The maximum absolute atomic E-state index is 4.72. The molecule has 1 aliphatic heterocycles. The molecule has 0 saturated carbocycles. The van der Waals surface area contributed by atoms with Crippen molar-refractivity contribution in [1.29, 1.82) is 0 Å². The van der Waals surface area contributed by atoms with Crippen LogP contribution < -0.4 is 5.32 Å². The summed E-state index contributed by atoms with van der Waals surface area (Å²) in [5.41, 5.74) is 2.72. The second kappa shape index (κ2) is 4.58. The fraction of sp³-hybridized carbons (Fsp3) is 0.769. The van der Waals surface area contributed by atoms with Gasteiger partial charge in [0.25, 0.3) is 0 Å². The molecule has 1 aromatic heterocycles. The Morgan fingerprint density at radius 3 is 2.94 bits per heavy atom. The van der Waals surface area contributed by atoms with Gasteiger partial charge in [-0.1, -0.05) is 13.8 Å². The van der Waals surface area contributed by atoms with E-state index in [1.807, 2.05) is 0 Å². The van der Waals surface area contributed by atoms with Gasteiger partial charge < -0.3 is 9.88 Å². The molecular weight excluding hydrogens is 198 g/mol. The lowest BCUT2D eigenvalue weighted by Crippen LogP contribution is -2.23. The minimum atomic E-state index is 0.527. The third-order valence-electron chi connectivity index (χ3n) is 3.42. The number of nitrogens with one attached hydrogen (secondary N) is 1. The maximum Gasteiger partial charge on any atom is 0.106 e. The van der Waals surface area contributed by atoms with Crippen LogP contribution in [0, 0.1) is 6.92 Å². The number of fused-ring (bicyclic) bond motifs is 1. The summed E-state index contributed by atoms with van der Waals surface area (Å²) in [6, 6.07) is 1.16. The molecule has 0 fully saturated rings. The van der Waals surface area contributed by atoms with E-state index < -0.39 is 0 Å². The summed E-state index contributed by atoms with van der Waals surface area (Å²) in [6.07, 6.45) is 3.79. The smallest absolute Gasteiger partial charge is 0.106 e. The van der Waals surface area contributed by atoms with E-state index >= 15 is 0 Å².